The maximum atomic E-state index is 11.6. The molecule has 1 amide bonds. The molecule has 2 aromatic rings. The van der Waals surface area contributed by atoms with E-state index >= 15 is 0 Å². The van der Waals surface area contributed by atoms with E-state index in [-0.39, 0.29) is 5.91 Å². The topological polar surface area (TPSA) is 54.3 Å². The molecule has 0 aliphatic carbocycles. The van der Waals surface area contributed by atoms with Crippen molar-refractivity contribution in [1.29, 1.82) is 0 Å². The van der Waals surface area contributed by atoms with Gasteiger partial charge in [-0.25, -0.2) is 0 Å². The van der Waals surface area contributed by atoms with E-state index in [1.165, 1.54) is 6.08 Å². The van der Waals surface area contributed by atoms with Crippen molar-refractivity contribution in [2.24, 2.45) is 7.05 Å². The third kappa shape index (κ3) is 4.08. The van der Waals surface area contributed by atoms with Crippen molar-refractivity contribution >= 4 is 23.3 Å². The summed E-state index contributed by atoms with van der Waals surface area (Å²) < 4.78 is 1.88. The molecule has 2 rings (SSSR count). The predicted molar refractivity (Wildman–Crippen MR) is 81.4 cm³/mol. The number of hydrogen-bond acceptors (Lipinski definition) is 3. The van der Waals surface area contributed by atoms with Crippen molar-refractivity contribution in [1.82, 2.24) is 9.88 Å². The predicted octanol–water partition coefficient (Wildman–Crippen LogP) is 2.34. The van der Waals surface area contributed by atoms with Gasteiger partial charge < -0.3 is 15.0 Å². The number of carbonyl (C=O) groups excluding carboxylic acids is 1. The number of aryl methyl sites for hydroxylation is 1. The molecule has 20 heavy (non-hydrogen) atoms. The van der Waals surface area contributed by atoms with E-state index < -0.39 is 6.10 Å². The van der Waals surface area contributed by atoms with E-state index in [9.17, 15) is 9.90 Å². The highest BCUT2D eigenvalue weighted by atomic mass is 32.1. The first-order chi connectivity index (χ1) is 9.66. The Morgan fingerprint density at radius 2 is 2.35 bits per heavy atom. The Labute approximate surface area is 122 Å². The van der Waals surface area contributed by atoms with Gasteiger partial charge in [-0.15, -0.1) is 11.3 Å². The number of aromatic nitrogens is 1. The van der Waals surface area contributed by atoms with E-state index in [1.807, 2.05) is 47.5 Å². The number of amides is 1. The van der Waals surface area contributed by atoms with Crippen LogP contribution < -0.4 is 5.32 Å². The minimum atomic E-state index is -0.559. The van der Waals surface area contributed by atoms with Crippen LogP contribution in [0.5, 0.6) is 0 Å². The number of hydrogen-bond donors (Lipinski definition) is 2. The van der Waals surface area contributed by atoms with Gasteiger partial charge in [0.1, 0.15) is 0 Å². The second-order valence-corrected chi connectivity index (χ2v) is 5.47. The fourth-order valence-electron chi connectivity index (χ4n) is 1.90. The van der Waals surface area contributed by atoms with Crippen LogP contribution in [-0.4, -0.2) is 22.1 Å². The number of nitrogens with one attached hydrogen (secondary N) is 1. The Morgan fingerprint density at radius 3 is 3.00 bits per heavy atom. The van der Waals surface area contributed by atoms with Crippen molar-refractivity contribution < 1.29 is 9.90 Å². The molecule has 4 nitrogen and oxygen atoms in total. The van der Waals surface area contributed by atoms with Crippen LogP contribution in [0.25, 0.3) is 6.08 Å². The molecule has 2 heterocycles. The van der Waals surface area contributed by atoms with Crippen LogP contribution in [0.3, 0.4) is 0 Å². The fraction of sp³-hybridized carbons (Fsp3) is 0.267. The van der Waals surface area contributed by atoms with Gasteiger partial charge in [0, 0.05) is 36.4 Å². The van der Waals surface area contributed by atoms with Crippen LogP contribution >= 0.6 is 11.3 Å². The summed E-state index contributed by atoms with van der Waals surface area (Å²) in [6.07, 6.45) is 5.13. The molecule has 1 atom stereocenters. The van der Waals surface area contributed by atoms with Crippen LogP contribution in [0, 0.1) is 0 Å². The molecular weight excluding hydrogens is 272 g/mol. The number of aliphatic hydroxyl groups is 1. The molecular formula is C15H18N2O2S. The van der Waals surface area contributed by atoms with Gasteiger partial charge in [-0.2, -0.15) is 0 Å². The van der Waals surface area contributed by atoms with Crippen molar-refractivity contribution in [3.8, 4) is 0 Å². The number of rotatable bonds is 6. The monoisotopic (exact) mass is 290 g/mol. The van der Waals surface area contributed by atoms with Gasteiger partial charge in [0.15, 0.2) is 0 Å². The Bertz CT molecular complexity index is 572. The molecule has 0 fully saturated rings. The summed E-state index contributed by atoms with van der Waals surface area (Å²) in [6.45, 7) is 0.444. The van der Waals surface area contributed by atoms with Crippen molar-refractivity contribution in [3.05, 3.63) is 52.5 Å². The van der Waals surface area contributed by atoms with Crippen molar-refractivity contribution in [3.63, 3.8) is 0 Å². The lowest BCUT2D eigenvalue weighted by Gasteiger charge is -2.11. The van der Waals surface area contributed by atoms with Gasteiger partial charge >= 0.3 is 0 Å². The zero-order valence-electron chi connectivity index (χ0n) is 11.3. The Morgan fingerprint density at radius 1 is 1.50 bits per heavy atom. The van der Waals surface area contributed by atoms with Gasteiger partial charge in [0.25, 0.3) is 0 Å². The van der Waals surface area contributed by atoms with E-state index in [4.69, 9.17) is 0 Å². The first-order valence-electron chi connectivity index (χ1n) is 6.45. The van der Waals surface area contributed by atoms with Gasteiger partial charge in [-0.05, 0) is 36.1 Å². The molecule has 0 spiro atoms. The van der Waals surface area contributed by atoms with Crippen LogP contribution in [0.4, 0.5) is 0 Å². The molecule has 0 radical (unpaired) electrons. The fourth-order valence-corrected chi connectivity index (χ4v) is 2.52. The van der Waals surface area contributed by atoms with Gasteiger partial charge in [-0.1, -0.05) is 6.07 Å². The molecule has 0 saturated carbocycles. The normalized spacial score (nSPS) is 12.7. The lowest BCUT2D eigenvalue weighted by molar-refractivity contribution is -0.116. The molecule has 0 bridgehead atoms. The van der Waals surface area contributed by atoms with Crippen LogP contribution in [0.2, 0.25) is 0 Å². The summed E-state index contributed by atoms with van der Waals surface area (Å²) in [6, 6.07) is 7.66. The summed E-state index contributed by atoms with van der Waals surface area (Å²) in [7, 11) is 1.89. The van der Waals surface area contributed by atoms with Crippen LogP contribution in [0.1, 0.15) is 23.1 Å². The van der Waals surface area contributed by atoms with Crippen LogP contribution in [-0.2, 0) is 11.8 Å². The molecule has 0 aliphatic rings. The molecule has 106 valence electrons. The highest BCUT2D eigenvalue weighted by molar-refractivity contribution is 7.10. The number of thiophene rings is 1. The molecule has 5 heteroatoms. The average molecular weight is 290 g/mol. The smallest absolute Gasteiger partial charge is 0.244 e. The second kappa shape index (κ2) is 7.07. The minimum absolute atomic E-state index is 0.141. The highest BCUT2D eigenvalue weighted by Gasteiger charge is 2.10. The molecule has 0 aliphatic heterocycles. The highest BCUT2D eigenvalue weighted by Crippen LogP contribution is 2.15. The Kier molecular flexibility index (Phi) is 5.15. The van der Waals surface area contributed by atoms with Gasteiger partial charge in [-0.3, -0.25) is 4.79 Å². The molecule has 0 aromatic carbocycles. The van der Waals surface area contributed by atoms with Crippen LogP contribution in [0.15, 0.2) is 41.9 Å². The Balaban J connectivity index is 1.73. The first kappa shape index (κ1) is 14.6. The molecule has 2 N–H and O–H groups in total. The van der Waals surface area contributed by atoms with Gasteiger partial charge in [0.2, 0.25) is 5.91 Å². The molecule has 0 saturated heterocycles. The zero-order chi connectivity index (χ0) is 14.4. The van der Waals surface area contributed by atoms with Crippen molar-refractivity contribution in [2.45, 2.75) is 12.5 Å². The summed E-state index contributed by atoms with van der Waals surface area (Å²) in [4.78, 5) is 12.6. The number of aliphatic hydroxyl groups excluding tert-OH is 1. The number of nitrogens with zero attached hydrogens (tertiary/aromatic N) is 1. The summed E-state index contributed by atoms with van der Waals surface area (Å²) in [5.41, 5.74) is 0.855. The number of carbonyl (C=O) groups is 1. The lowest BCUT2D eigenvalue weighted by atomic mass is 10.2. The van der Waals surface area contributed by atoms with E-state index in [1.54, 1.807) is 17.4 Å². The third-order valence-corrected chi connectivity index (χ3v) is 3.82. The van der Waals surface area contributed by atoms with E-state index in [0.717, 1.165) is 10.6 Å². The summed E-state index contributed by atoms with van der Waals surface area (Å²) in [5, 5.41) is 14.7. The minimum Gasteiger partial charge on any atom is -0.387 e. The third-order valence-electron chi connectivity index (χ3n) is 2.98. The zero-order valence-corrected chi connectivity index (χ0v) is 12.1. The second-order valence-electron chi connectivity index (χ2n) is 4.49. The largest absolute Gasteiger partial charge is 0.387 e. The quantitative estimate of drug-likeness (QED) is 0.802. The van der Waals surface area contributed by atoms with Gasteiger partial charge in [0.05, 0.1) is 6.10 Å². The molecule has 1 unspecified atom stereocenters. The SMILES string of the molecule is Cn1cccc1C(O)CCNC(=O)/C=C/c1cccs1. The Hall–Kier alpha value is -1.85. The van der Waals surface area contributed by atoms with Crippen molar-refractivity contribution in [2.75, 3.05) is 6.54 Å². The van der Waals surface area contributed by atoms with E-state index in [2.05, 4.69) is 5.32 Å². The first-order valence-corrected chi connectivity index (χ1v) is 7.33. The molecule has 2 aromatic heterocycles. The maximum absolute atomic E-state index is 11.6. The lowest BCUT2D eigenvalue weighted by Crippen LogP contribution is -2.23. The maximum Gasteiger partial charge on any atom is 0.244 e. The summed E-state index contributed by atoms with van der Waals surface area (Å²) >= 11 is 1.58. The average Bonchev–Trinajstić information content (AvgIpc) is 3.07. The standard InChI is InChI=1S/C15H18N2O2S/c1-17-10-2-5-13(17)14(18)8-9-16-15(19)7-6-12-4-3-11-20-12/h2-7,10-11,14,18H,8-9H2,1H3,(H,16,19)/b7-6+. The summed E-state index contributed by atoms with van der Waals surface area (Å²) in [5.74, 6) is -0.141. The van der Waals surface area contributed by atoms with E-state index in [0.29, 0.717) is 13.0 Å².